The van der Waals surface area contributed by atoms with Gasteiger partial charge in [-0.05, 0) is 24.3 Å². The number of aromatic amines is 2. The number of benzene rings is 1. The Morgan fingerprint density at radius 2 is 1.89 bits per heavy atom. The molecule has 0 aliphatic rings. The Labute approximate surface area is 111 Å². The lowest BCUT2D eigenvalue weighted by Gasteiger charge is -2.00. The van der Waals surface area contributed by atoms with E-state index in [4.69, 9.17) is 11.6 Å². The molecule has 0 atom stereocenters. The molecule has 0 saturated heterocycles. The fraction of sp³-hybridized carbons (Fsp3) is 0. The number of nitrogens with one attached hydrogen (secondary N) is 3. The van der Waals surface area contributed by atoms with E-state index < -0.39 is 17.1 Å². The summed E-state index contributed by atoms with van der Waals surface area (Å²) in [6.45, 7) is 0. The molecule has 8 heteroatoms. The molecule has 0 amide bonds. The van der Waals surface area contributed by atoms with Crippen molar-refractivity contribution in [3.8, 4) is 5.88 Å². The maximum Gasteiger partial charge on any atom is 0.328 e. The average molecular weight is 281 g/mol. The summed E-state index contributed by atoms with van der Waals surface area (Å²) in [4.78, 5) is 26.2. The molecule has 0 radical (unpaired) electrons. The van der Waals surface area contributed by atoms with E-state index in [0.29, 0.717) is 10.7 Å². The van der Waals surface area contributed by atoms with E-state index in [9.17, 15) is 14.7 Å². The second kappa shape index (κ2) is 5.40. The maximum atomic E-state index is 11.4. The average Bonchev–Trinajstić information content (AvgIpc) is 2.34. The van der Waals surface area contributed by atoms with Crippen molar-refractivity contribution in [3.05, 3.63) is 55.7 Å². The van der Waals surface area contributed by atoms with E-state index in [0.717, 1.165) is 6.21 Å². The monoisotopic (exact) mass is 280 g/mol. The summed E-state index contributed by atoms with van der Waals surface area (Å²) >= 11 is 5.72. The van der Waals surface area contributed by atoms with Crippen molar-refractivity contribution in [1.82, 2.24) is 9.97 Å². The van der Waals surface area contributed by atoms with Crippen molar-refractivity contribution in [2.45, 2.75) is 0 Å². The zero-order chi connectivity index (χ0) is 13.8. The highest BCUT2D eigenvalue weighted by molar-refractivity contribution is 6.30. The van der Waals surface area contributed by atoms with Crippen molar-refractivity contribution < 1.29 is 5.11 Å². The zero-order valence-corrected chi connectivity index (χ0v) is 10.2. The summed E-state index contributed by atoms with van der Waals surface area (Å²) in [5, 5.41) is 13.8. The molecule has 0 aliphatic heterocycles. The molecule has 4 N–H and O–H groups in total. The first-order valence-electron chi connectivity index (χ1n) is 5.16. The van der Waals surface area contributed by atoms with Gasteiger partial charge in [0, 0.05) is 5.02 Å². The third kappa shape index (κ3) is 3.23. The van der Waals surface area contributed by atoms with Crippen molar-refractivity contribution >= 4 is 23.5 Å². The quantitative estimate of drug-likeness (QED) is 0.494. The van der Waals surface area contributed by atoms with Gasteiger partial charge in [0.05, 0.1) is 11.9 Å². The van der Waals surface area contributed by atoms with E-state index in [1.807, 2.05) is 9.97 Å². The number of aromatic hydroxyl groups is 1. The first-order valence-corrected chi connectivity index (χ1v) is 5.54. The molecule has 0 aliphatic carbocycles. The third-order valence-electron chi connectivity index (χ3n) is 2.19. The first kappa shape index (κ1) is 12.9. The molecule has 1 aromatic carbocycles. The van der Waals surface area contributed by atoms with Crippen LogP contribution in [0.3, 0.4) is 0 Å². The second-order valence-corrected chi connectivity index (χ2v) is 3.98. The lowest BCUT2D eigenvalue weighted by molar-refractivity contribution is 0.447. The number of nitrogens with zero attached hydrogens (tertiary/aromatic N) is 1. The van der Waals surface area contributed by atoms with Gasteiger partial charge < -0.3 is 5.11 Å². The molecular weight excluding hydrogens is 272 g/mol. The van der Waals surface area contributed by atoms with Gasteiger partial charge in [0.25, 0.3) is 5.56 Å². The van der Waals surface area contributed by atoms with Gasteiger partial charge in [-0.2, -0.15) is 5.10 Å². The Morgan fingerprint density at radius 3 is 2.53 bits per heavy atom. The highest BCUT2D eigenvalue weighted by atomic mass is 35.5. The molecule has 0 bridgehead atoms. The van der Waals surface area contributed by atoms with Crippen molar-refractivity contribution in [2.75, 3.05) is 5.43 Å². The summed E-state index contributed by atoms with van der Waals surface area (Å²) in [5.41, 5.74) is 1.63. The maximum absolute atomic E-state index is 11.4. The van der Waals surface area contributed by atoms with Gasteiger partial charge in [-0.1, -0.05) is 11.6 Å². The lowest BCUT2D eigenvalue weighted by atomic mass is 10.3. The van der Waals surface area contributed by atoms with Crippen molar-refractivity contribution in [3.63, 3.8) is 0 Å². The lowest BCUT2D eigenvalue weighted by Crippen LogP contribution is -2.25. The molecule has 0 fully saturated rings. The van der Waals surface area contributed by atoms with E-state index in [-0.39, 0.29) is 5.56 Å². The smallest absolute Gasteiger partial charge is 0.328 e. The van der Waals surface area contributed by atoms with Gasteiger partial charge in [-0.15, -0.1) is 0 Å². The van der Waals surface area contributed by atoms with Crippen LogP contribution in [0.1, 0.15) is 5.56 Å². The molecule has 98 valence electrons. The summed E-state index contributed by atoms with van der Waals surface area (Å²) in [6.07, 6.45) is 1.10. The van der Waals surface area contributed by atoms with Crippen LogP contribution in [0.2, 0.25) is 5.02 Å². The molecule has 0 spiro atoms. The standard InChI is InChI=1S/C11H9ClN4O3/c12-6-1-3-7(4-2-6)16-13-5-8-9(17)14-11(19)15-10(8)18/h1-5,16H,(H3,14,15,17,18,19). The molecule has 1 aromatic heterocycles. The first-order chi connectivity index (χ1) is 9.06. The number of H-pyrrole nitrogens is 2. The van der Waals surface area contributed by atoms with Gasteiger partial charge >= 0.3 is 5.69 Å². The Bertz CT molecular complexity index is 718. The number of aromatic nitrogens is 2. The molecule has 2 rings (SSSR count). The van der Waals surface area contributed by atoms with Crippen molar-refractivity contribution in [1.29, 1.82) is 0 Å². The largest absolute Gasteiger partial charge is 0.494 e. The summed E-state index contributed by atoms with van der Waals surface area (Å²) in [6, 6.07) is 6.72. The van der Waals surface area contributed by atoms with Crippen LogP contribution >= 0.6 is 11.6 Å². The van der Waals surface area contributed by atoms with Gasteiger partial charge in [0.15, 0.2) is 0 Å². The fourth-order valence-corrected chi connectivity index (χ4v) is 1.43. The van der Waals surface area contributed by atoms with Crippen LogP contribution in [0.5, 0.6) is 5.88 Å². The minimum absolute atomic E-state index is 0.152. The topological polar surface area (TPSA) is 110 Å². The van der Waals surface area contributed by atoms with Crippen molar-refractivity contribution in [2.24, 2.45) is 5.10 Å². The molecule has 7 nitrogen and oxygen atoms in total. The SMILES string of the molecule is O=c1[nH]c(O)c(C=NNc2ccc(Cl)cc2)c(=O)[nH]1. The van der Waals surface area contributed by atoms with E-state index in [1.54, 1.807) is 24.3 Å². The fourth-order valence-electron chi connectivity index (χ4n) is 1.30. The predicted octanol–water partition coefficient (Wildman–Crippen LogP) is 0.868. The van der Waals surface area contributed by atoms with Crippen LogP contribution in [0, 0.1) is 0 Å². The van der Waals surface area contributed by atoms with E-state index in [2.05, 4.69) is 10.5 Å². The minimum Gasteiger partial charge on any atom is -0.494 e. The van der Waals surface area contributed by atoms with Crippen LogP contribution in [-0.2, 0) is 0 Å². The molecule has 2 aromatic rings. The Balaban J connectivity index is 2.18. The van der Waals surface area contributed by atoms with Crippen LogP contribution in [0.25, 0.3) is 0 Å². The number of hydrazone groups is 1. The highest BCUT2D eigenvalue weighted by Gasteiger charge is 2.04. The molecular formula is C11H9ClN4O3. The molecule has 19 heavy (non-hydrogen) atoms. The van der Waals surface area contributed by atoms with E-state index in [1.165, 1.54) is 0 Å². The van der Waals surface area contributed by atoms with Crippen LogP contribution < -0.4 is 16.7 Å². The summed E-state index contributed by atoms with van der Waals surface area (Å²) < 4.78 is 0. The Hall–Kier alpha value is -2.54. The molecule has 0 unspecified atom stereocenters. The van der Waals surface area contributed by atoms with Gasteiger partial charge in [-0.3, -0.25) is 20.2 Å². The van der Waals surface area contributed by atoms with E-state index >= 15 is 0 Å². The summed E-state index contributed by atoms with van der Waals surface area (Å²) in [5.74, 6) is -0.546. The number of hydrogen-bond acceptors (Lipinski definition) is 5. The Morgan fingerprint density at radius 1 is 1.21 bits per heavy atom. The van der Waals surface area contributed by atoms with Gasteiger partial charge in [0.2, 0.25) is 5.88 Å². The Kier molecular flexibility index (Phi) is 3.67. The molecule has 0 saturated carbocycles. The van der Waals surface area contributed by atoms with Gasteiger partial charge in [-0.25, -0.2) is 4.79 Å². The van der Waals surface area contributed by atoms with Crippen LogP contribution in [0.4, 0.5) is 5.69 Å². The predicted molar refractivity (Wildman–Crippen MR) is 72.0 cm³/mol. The second-order valence-electron chi connectivity index (χ2n) is 3.55. The number of hydrogen-bond donors (Lipinski definition) is 4. The normalized spacial score (nSPS) is 10.8. The van der Waals surface area contributed by atoms with Crippen LogP contribution in [0.15, 0.2) is 39.0 Å². The number of anilines is 1. The number of halogens is 1. The van der Waals surface area contributed by atoms with Crippen LogP contribution in [-0.4, -0.2) is 21.3 Å². The summed E-state index contributed by atoms with van der Waals surface area (Å²) in [7, 11) is 0. The highest BCUT2D eigenvalue weighted by Crippen LogP contribution is 2.13. The zero-order valence-electron chi connectivity index (χ0n) is 9.48. The third-order valence-corrected chi connectivity index (χ3v) is 2.44. The van der Waals surface area contributed by atoms with Gasteiger partial charge in [0.1, 0.15) is 5.56 Å². The minimum atomic E-state index is -0.787. The molecule has 1 heterocycles. The number of rotatable bonds is 3.